The maximum absolute atomic E-state index is 13.1. The van der Waals surface area contributed by atoms with E-state index in [0.717, 1.165) is 12.1 Å². The Kier molecular flexibility index (Phi) is 4.57. The molecule has 0 unspecified atom stereocenters. The number of rotatable bonds is 5. The monoisotopic (exact) mass is 321 g/mol. The van der Waals surface area contributed by atoms with Crippen molar-refractivity contribution in [2.75, 3.05) is 4.72 Å². The summed E-state index contributed by atoms with van der Waals surface area (Å²) in [5.74, 6) is -1.69. The predicted molar refractivity (Wildman–Crippen MR) is 80.3 cm³/mol. The van der Waals surface area contributed by atoms with Crippen molar-refractivity contribution >= 4 is 27.8 Å². The van der Waals surface area contributed by atoms with E-state index >= 15 is 0 Å². The van der Waals surface area contributed by atoms with Gasteiger partial charge in [-0.15, -0.1) is 0 Å². The normalized spacial score (nSPS) is 11.5. The van der Waals surface area contributed by atoms with Crippen molar-refractivity contribution in [2.45, 2.75) is 4.90 Å². The fourth-order valence-electron chi connectivity index (χ4n) is 1.72. The van der Waals surface area contributed by atoms with E-state index in [1.54, 1.807) is 6.07 Å². The van der Waals surface area contributed by atoms with Crippen molar-refractivity contribution < 1.29 is 22.7 Å². The van der Waals surface area contributed by atoms with Gasteiger partial charge >= 0.3 is 5.97 Å². The number of hydrogen-bond donors (Lipinski definition) is 2. The summed E-state index contributed by atoms with van der Waals surface area (Å²) in [6.07, 6.45) is 2.19. The van der Waals surface area contributed by atoms with Crippen LogP contribution in [0.3, 0.4) is 0 Å². The van der Waals surface area contributed by atoms with Crippen LogP contribution in [0.4, 0.5) is 10.1 Å². The molecule has 0 bridgehead atoms. The van der Waals surface area contributed by atoms with Crippen LogP contribution in [0.1, 0.15) is 5.56 Å². The second kappa shape index (κ2) is 6.40. The first-order chi connectivity index (χ1) is 10.4. The Balaban J connectivity index is 2.29. The first kappa shape index (κ1) is 15.7. The van der Waals surface area contributed by atoms with Crippen LogP contribution < -0.4 is 4.72 Å². The zero-order valence-electron chi connectivity index (χ0n) is 11.2. The van der Waals surface area contributed by atoms with Crippen molar-refractivity contribution in [3.8, 4) is 0 Å². The third-order valence-electron chi connectivity index (χ3n) is 2.66. The summed E-state index contributed by atoms with van der Waals surface area (Å²) >= 11 is 0. The summed E-state index contributed by atoms with van der Waals surface area (Å²) in [4.78, 5) is 10.4. The Bertz CT molecular complexity index is 831. The third-order valence-corrected chi connectivity index (χ3v) is 4.04. The lowest BCUT2D eigenvalue weighted by molar-refractivity contribution is -0.131. The molecule has 5 nitrogen and oxygen atoms in total. The minimum absolute atomic E-state index is 0.0516. The van der Waals surface area contributed by atoms with Crippen LogP contribution in [0.5, 0.6) is 0 Å². The van der Waals surface area contributed by atoms with Gasteiger partial charge in [-0.1, -0.05) is 18.2 Å². The fourth-order valence-corrected chi connectivity index (χ4v) is 2.82. The maximum Gasteiger partial charge on any atom is 0.328 e. The third kappa shape index (κ3) is 4.16. The zero-order chi connectivity index (χ0) is 16.2. The average molecular weight is 321 g/mol. The number of aliphatic carboxylic acids is 1. The van der Waals surface area contributed by atoms with Crippen LogP contribution in [-0.2, 0) is 14.8 Å². The van der Waals surface area contributed by atoms with Gasteiger partial charge in [0.1, 0.15) is 5.82 Å². The molecule has 2 aromatic rings. The topological polar surface area (TPSA) is 83.5 Å². The molecule has 0 aromatic heterocycles. The molecule has 2 N–H and O–H groups in total. The summed E-state index contributed by atoms with van der Waals surface area (Å²) in [5, 5.41) is 8.57. The average Bonchev–Trinajstić information content (AvgIpc) is 2.45. The molecule has 0 aliphatic rings. The maximum atomic E-state index is 13.1. The van der Waals surface area contributed by atoms with Crippen LogP contribution in [0.15, 0.2) is 59.5 Å². The van der Waals surface area contributed by atoms with Crippen molar-refractivity contribution in [2.24, 2.45) is 0 Å². The number of carboxylic acid groups (broad SMARTS) is 1. The number of nitrogens with one attached hydrogen (secondary N) is 1. The van der Waals surface area contributed by atoms with Crippen molar-refractivity contribution in [1.29, 1.82) is 0 Å². The molecule has 0 atom stereocenters. The lowest BCUT2D eigenvalue weighted by Gasteiger charge is -2.08. The summed E-state index contributed by atoms with van der Waals surface area (Å²) < 4.78 is 39.8. The van der Waals surface area contributed by atoms with E-state index in [0.29, 0.717) is 5.56 Å². The summed E-state index contributed by atoms with van der Waals surface area (Å²) in [7, 11) is -3.89. The van der Waals surface area contributed by atoms with Crippen LogP contribution in [0.25, 0.3) is 6.08 Å². The Labute approximate surface area is 126 Å². The Hall–Kier alpha value is -2.67. The highest BCUT2D eigenvalue weighted by Gasteiger charge is 2.14. The fraction of sp³-hybridized carbons (Fsp3) is 0. The highest BCUT2D eigenvalue weighted by atomic mass is 32.2. The van der Waals surface area contributed by atoms with Gasteiger partial charge in [0.15, 0.2) is 0 Å². The molecule has 2 aromatic carbocycles. The van der Waals surface area contributed by atoms with E-state index in [9.17, 15) is 17.6 Å². The molecular weight excluding hydrogens is 309 g/mol. The van der Waals surface area contributed by atoms with E-state index in [1.807, 2.05) is 0 Å². The molecule has 114 valence electrons. The molecule has 0 aliphatic carbocycles. The molecule has 0 amide bonds. The van der Waals surface area contributed by atoms with Crippen LogP contribution in [-0.4, -0.2) is 19.5 Å². The standard InChI is InChI=1S/C15H12FNO4S/c16-12-4-2-5-13(10-12)17-22(20,21)14-6-1-3-11(9-14)7-8-15(18)19/h1-10,17H,(H,18,19)/b8-7+. The minimum Gasteiger partial charge on any atom is -0.478 e. The van der Waals surface area contributed by atoms with Crippen LogP contribution in [0.2, 0.25) is 0 Å². The largest absolute Gasteiger partial charge is 0.478 e. The van der Waals surface area contributed by atoms with Gasteiger partial charge in [-0.25, -0.2) is 17.6 Å². The van der Waals surface area contributed by atoms with E-state index in [2.05, 4.69) is 4.72 Å². The second-order valence-corrected chi connectivity index (χ2v) is 6.04. The highest BCUT2D eigenvalue weighted by molar-refractivity contribution is 7.92. The summed E-state index contributed by atoms with van der Waals surface area (Å²) in [6.45, 7) is 0. The predicted octanol–water partition coefficient (Wildman–Crippen LogP) is 2.72. The number of sulfonamides is 1. The zero-order valence-corrected chi connectivity index (χ0v) is 12.0. The Morgan fingerprint density at radius 2 is 1.86 bits per heavy atom. The molecule has 0 saturated carbocycles. The van der Waals surface area contributed by atoms with E-state index < -0.39 is 21.8 Å². The lowest BCUT2D eigenvalue weighted by Crippen LogP contribution is -2.13. The molecule has 2 rings (SSSR count). The molecule has 0 heterocycles. The van der Waals surface area contributed by atoms with Crippen molar-refractivity contribution in [3.63, 3.8) is 0 Å². The van der Waals surface area contributed by atoms with Gasteiger partial charge < -0.3 is 5.11 Å². The number of carboxylic acids is 1. The van der Waals surface area contributed by atoms with Crippen molar-refractivity contribution in [3.05, 3.63) is 66.0 Å². The SMILES string of the molecule is O=C(O)/C=C/c1cccc(S(=O)(=O)Nc2cccc(F)c2)c1. The van der Waals surface area contributed by atoms with Gasteiger partial charge in [0.25, 0.3) is 10.0 Å². The number of carbonyl (C=O) groups is 1. The number of halogens is 1. The molecule has 7 heteroatoms. The molecule has 0 radical (unpaired) electrons. The van der Waals surface area contributed by atoms with Crippen molar-refractivity contribution in [1.82, 2.24) is 0 Å². The van der Waals surface area contributed by atoms with Gasteiger partial charge in [0.05, 0.1) is 10.6 Å². The van der Waals surface area contributed by atoms with Gasteiger partial charge in [-0.05, 0) is 42.0 Å². The van der Waals surface area contributed by atoms with Gasteiger partial charge in [0.2, 0.25) is 0 Å². The molecule has 0 spiro atoms. The molecule has 0 aliphatic heterocycles. The molecule has 0 fully saturated rings. The Morgan fingerprint density at radius 3 is 2.55 bits per heavy atom. The summed E-state index contributed by atoms with van der Waals surface area (Å²) in [5.41, 5.74) is 0.524. The highest BCUT2D eigenvalue weighted by Crippen LogP contribution is 2.18. The lowest BCUT2D eigenvalue weighted by atomic mass is 10.2. The minimum atomic E-state index is -3.89. The van der Waals surface area contributed by atoms with E-state index in [-0.39, 0.29) is 10.6 Å². The first-order valence-corrected chi connectivity index (χ1v) is 7.64. The number of anilines is 1. The first-order valence-electron chi connectivity index (χ1n) is 6.16. The molecule has 0 saturated heterocycles. The number of hydrogen-bond acceptors (Lipinski definition) is 3. The van der Waals surface area contributed by atoms with Gasteiger partial charge in [-0.3, -0.25) is 4.72 Å². The quantitative estimate of drug-likeness (QED) is 0.829. The van der Waals surface area contributed by atoms with Gasteiger partial charge in [0, 0.05) is 6.08 Å². The van der Waals surface area contributed by atoms with E-state index in [4.69, 9.17) is 5.11 Å². The van der Waals surface area contributed by atoms with Gasteiger partial charge in [-0.2, -0.15) is 0 Å². The second-order valence-electron chi connectivity index (χ2n) is 4.36. The Morgan fingerprint density at radius 1 is 1.14 bits per heavy atom. The van der Waals surface area contributed by atoms with Crippen LogP contribution >= 0.6 is 0 Å². The van der Waals surface area contributed by atoms with E-state index in [1.165, 1.54) is 42.5 Å². The smallest absolute Gasteiger partial charge is 0.328 e. The molecule has 22 heavy (non-hydrogen) atoms. The summed E-state index contributed by atoms with van der Waals surface area (Å²) in [6, 6.07) is 10.8. The molecular formula is C15H12FNO4S. The van der Waals surface area contributed by atoms with Crippen LogP contribution in [0, 0.1) is 5.82 Å². The number of benzene rings is 2.